The number of rotatable bonds is 3. The molecule has 17 heavy (non-hydrogen) atoms. The van der Waals surface area contributed by atoms with Gasteiger partial charge in [-0.15, -0.1) is 0 Å². The third-order valence-electron chi connectivity index (χ3n) is 2.14. The van der Waals surface area contributed by atoms with Gasteiger partial charge in [-0.3, -0.25) is 5.10 Å². The number of H-pyrrole nitrogens is 1. The van der Waals surface area contributed by atoms with Crippen LogP contribution in [-0.2, 0) is 4.79 Å². The fourth-order valence-corrected chi connectivity index (χ4v) is 1.27. The van der Waals surface area contributed by atoms with Crippen LogP contribution in [0.2, 0.25) is 0 Å². The van der Waals surface area contributed by atoms with Gasteiger partial charge in [0.2, 0.25) is 0 Å². The Morgan fingerprint density at radius 2 is 2.12 bits per heavy atom. The van der Waals surface area contributed by atoms with Gasteiger partial charge in [0.1, 0.15) is 6.04 Å². The van der Waals surface area contributed by atoms with E-state index in [2.05, 4.69) is 20.8 Å². The first-order valence-corrected chi connectivity index (χ1v) is 5.10. The number of nitrogens with zero attached hydrogens (tertiary/aromatic N) is 1. The van der Waals surface area contributed by atoms with Gasteiger partial charge in [0.05, 0.1) is 11.9 Å². The number of nitrogens with one attached hydrogen (secondary N) is 3. The SMILES string of the molecule is CC(C)(C)C(NC(=O)Nc1cn[nH]c1)C(=O)O. The lowest BCUT2D eigenvalue weighted by molar-refractivity contribution is -0.141. The highest BCUT2D eigenvalue weighted by Gasteiger charge is 2.32. The van der Waals surface area contributed by atoms with Crippen molar-refractivity contribution in [2.45, 2.75) is 26.8 Å². The zero-order valence-electron chi connectivity index (χ0n) is 9.94. The van der Waals surface area contributed by atoms with Crippen LogP contribution in [0.4, 0.5) is 10.5 Å². The van der Waals surface area contributed by atoms with Gasteiger partial charge in [-0.2, -0.15) is 5.10 Å². The highest BCUT2D eigenvalue weighted by Crippen LogP contribution is 2.19. The van der Waals surface area contributed by atoms with Gasteiger partial charge in [0.15, 0.2) is 0 Å². The molecule has 1 unspecified atom stereocenters. The first-order chi connectivity index (χ1) is 7.80. The molecule has 1 aromatic rings. The lowest BCUT2D eigenvalue weighted by atomic mass is 9.87. The van der Waals surface area contributed by atoms with Crippen molar-refractivity contribution in [3.8, 4) is 0 Å². The minimum atomic E-state index is -1.07. The fourth-order valence-electron chi connectivity index (χ4n) is 1.27. The van der Waals surface area contributed by atoms with Crippen LogP contribution in [0.5, 0.6) is 0 Å². The van der Waals surface area contributed by atoms with Crippen molar-refractivity contribution in [1.82, 2.24) is 15.5 Å². The standard InChI is InChI=1S/C10H16N4O3/c1-10(2,3)7(8(15)16)14-9(17)13-6-4-11-12-5-6/h4-5,7H,1-3H3,(H,11,12)(H,15,16)(H2,13,14,17). The second-order valence-corrected chi connectivity index (χ2v) is 4.72. The van der Waals surface area contributed by atoms with Crippen molar-refractivity contribution in [3.63, 3.8) is 0 Å². The number of aliphatic carboxylic acids is 1. The van der Waals surface area contributed by atoms with Gasteiger partial charge in [0, 0.05) is 6.20 Å². The molecule has 94 valence electrons. The van der Waals surface area contributed by atoms with Crippen LogP contribution in [0.1, 0.15) is 20.8 Å². The van der Waals surface area contributed by atoms with Crippen LogP contribution in [0.15, 0.2) is 12.4 Å². The molecule has 7 nitrogen and oxygen atoms in total. The van der Waals surface area contributed by atoms with Gasteiger partial charge in [0.25, 0.3) is 0 Å². The molecule has 0 radical (unpaired) electrons. The average molecular weight is 240 g/mol. The second-order valence-electron chi connectivity index (χ2n) is 4.72. The summed E-state index contributed by atoms with van der Waals surface area (Å²) in [6.45, 7) is 5.22. The number of urea groups is 1. The number of hydrogen-bond donors (Lipinski definition) is 4. The Hall–Kier alpha value is -2.05. The molecule has 2 amide bonds. The van der Waals surface area contributed by atoms with E-state index < -0.39 is 23.5 Å². The van der Waals surface area contributed by atoms with E-state index in [0.29, 0.717) is 5.69 Å². The van der Waals surface area contributed by atoms with Crippen molar-refractivity contribution in [2.24, 2.45) is 5.41 Å². The van der Waals surface area contributed by atoms with Crippen LogP contribution in [0.3, 0.4) is 0 Å². The number of aromatic amines is 1. The molecule has 0 spiro atoms. The molecule has 1 aromatic heterocycles. The van der Waals surface area contributed by atoms with E-state index in [4.69, 9.17) is 5.11 Å². The van der Waals surface area contributed by atoms with Crippen LogP contribution in [0, 0.1) is 5.41 Å². The highest BCUT2D eigenvalue weighted by molar-refractivity contribution is 5.92. The summed E-state index contributed by atoms with van der Waals surface area (Å²) in [6, 6.07) is -1.54. The molecule has 0 saturated heterocycles. The third kappa shape index (κ3) is 3.78. The highest BCUT2D eigenvalue weighted by atomic mass is 16.4. The van der Waals surface area contributed by atoms with Crippen molar-refractivity contribution >= 4 is 17.7 Å². The first kappa shape index (κ1) is 13.0. The number of carbonyl (C=O) groups excluding carboxylic acids is 1. The average Bonchev–Trinajstić information content (AvgIpc) is 2.64. The van der Waals surface area contributed by atoms with Crippen LogP contribution in [0.25, 0.3) is 0 Å². The molecule has 7 heteroatoms. The van der Waals surface area contributed by atoms with Crippen molar-refractivity contribution in [1.29, 1.82) is 0 Å². The summed E-state index contributed by atoms with van der Waals surface area (Å²) in [7, 11) is 0. The Morgan fingerprint density at radius 3 is 2.53 bits per heavy atom. The molecule has 0 aliphatic heterocycles. The summed E-state index contributed by atoms with van der Waals surface area (Å²) < 4.78 is 0. The maximum absolute atomic E-state index is 11.5. The van der Waals surface area contributed by atoms with E-state index in [1.165, 1.54) is 12.4 Å². The lowest BCUT2D eigenvalue weighted by Crippen LogP contribution is -2.50. The van der Waals surface area contributed by atoms with E-state index in [0.717, 1.165) is 0 Å². The van der Waals surface area contributed by atoms with Gasteiger partial charge in [-0.25, -0.2) is 9.59 Å². The van der Waals surface area contributed by atoms with Gasteiger partial charge in [-0.1, -0.05) is 20.8 Å². The Balaban J connectivity index is 2.62. The smallest absolute Gasteiger partial charge is 0.326 e. The number of carbonyl (C=O) groups is 2. The summed E-state index contributed by atoms with van der Waals surface area (Å²) in [5, 5.41) is 20.1. The van der Waals surface area contributed by atoms with E-state index in [-0.39, 0.29) is 0 Å². The van der Waals surface area contributed by atoms with E-state index in [1.54, 1.807) is 20.8 Å². The first-order valence-electron chi connectivity index (χ1n) is 5.10. The molecular weight excluding hydrogens is 224 g/mol. The molecular formula is C10H16N4O3. The van der Waals surface area contributed by atoms with Gasteiger partial charge < -0.3 is 15.7 Å². The predicted octanol–water partition coefficient (Wildman–Crippen LogP) is 1.03. The van der Waals surface area contributed by atoms with Gasteiger partial charge in [-0.05, 0) is 5.41 Å². The molecule has 0 bridgehead atoms. The summed E-state index contributed by atoms with van der Waals surface area (Å²) in [5.74, 6) is -1.07. The number of anilines is 1. The van der Waals surface area contributed by atoms with Crippen LogP contribution >= 0.6 is 0 Å². The molecule has 1 atom stereocenters. The quantitative estimate of drug-likeness (QED) is 0.632. The Kier molecular flexibility index (Phi) is 3.72. The lowest BCUT2D eigenvalue weighted by Gasteiger charge is -2.27. The number of hydrogen-bond acceptors (Lipinski definition) is 3. The molecule has 1 heterocycles. The fraction of sp³-hybridized carbons (Fsp3) is 0.500. The maximum Gasteiger partial charge on any atom is 0.326 e. The third-order valence-corrected chi connectivity index (χ3v) is 2.14. The monoisotopic (exact) mass is 240 g/mol. The minimum absolute atomic E-state index is 0.473. The zero-order valence-corrected chi connectivity index (χ0v) is 9.94. The molecule has 0 fully saturated rings. The molecule has 0 aliphatic rings. The summed E-state index contributed by atoms with van der Waals surface area (Å²) in [4.78, 5) is 22.6. The Morgan fingerprint density at radius 1 is 1.47 bits per heavy atom. The van der Waals surface area contributed by atoms with Crippen molar-refractivity contribution < 1.29 is 14.7 Å². The van der Waals surface area contributed by atoms with E-state index in [1.807, 2.05) is 0 Å². The summed E-state index contributed by atoms with van der Waals surface area (Å²) in [5.41, 5.74) is -0.0971. The van der Waals surface area contributed by atoms with E-state index in [9.17, 15) is 9.59 Å². The largest absolute Gasteiger partial charge is 0.480 e. The molecule has 0 aliphatic carbocycles. The van der Waals surface area contributed by atoms with Crippen molar-refractivity contribution in [3.05, 3.63) is 12.4 Å². The summed E-state index contributed by atoms with van der Waals surface area (Å²) in [6.07, 6.45) is 2.92. The molecule has 0 aromatic carbocycles. The second kappa shape index (κ2) is 4.86. The topological polar surface area (TPSA) is 107 Å². The predicted molar refractivity (Wildman–Crippen MR) is 61.6 cm³/mol. The summed E-state index contributed by atoms with van der Waals surface area (Å²) >= 11 is 0. The number of carboxylic acid groups (broad SMARTS) is 1. The number of aromatic nitrogens is 2. The molecule has 1 rings (SSSR count). The zero-order chi connectivity index (χ0) is 13.1. The van der Waals surface area contributed by atoms with E-state index >= 15 is 0 Å². The number of carboxylic acids is 1. The molecule has 4 N–H and O–H groups in total. The van der Waals surface area contributed by atoms with Crippen molar-refractivity contribution in [2.75, 3.05) is 5.32 Å². The van der Waals surface area contributed by atoms with Gasteiger partial charge >= 0.3 is 12.0 Å². The van der Waals surface area contributed by atoms with Crippen LogP contribution in [-0.4, -0.2) is 33.3 Å². The number of amides is 2. The van der Waals surface area contributed by atoms with Crippen LogP contribution < -0.4 is 10.6 Å². The minimum Gasteiger partial charge on any atom is -0.480 e. The maximum atomic E-state index is 11.5. The molecule has 0 saturated carbocycles. The Labute approximate surface area is 98.6 Å². The normalized spacial score (nSPS) is 12.9. The Bertz CT molecular complexity index is 394.